The highest BCUT2D eigenvalue weighted by molar-refractivity contribution is 6.07. The lowest BCUT2D eigenvalue weighted by molar-refractivity contribution is -0.124. The Morgan fingerprint density at radius 3 is 2.58 bits per heavy atom. The van der Waals surface area contributed by atoms with Crippen molar-refractivity contribution in [3.63, 3.8) is 0 Å². The maximum Gasteiger partial charge on any atom is 0.322 e. The van der Waals surface area contributed by atoms with Crippen LogP contribution in [0.25, 0.3) is 0 Å². The third-order valence-corrected chi connectivity index (χ3v) is 2.21. The van der Waals surface area contributed by atoms with E-state index in [-0.39, 0.29) is 5.91 Å². The molecule has 1 atom stereocenters. The molecule has 0 aromatic carbocycles. The Kier molecular flexibility index (Phi) is 1.52. The van der Waals surface area contributed by atoms with Crippen molar-refractivity contribution < 1.29 is 9.59 Å². The lowest BCUT2D eigenvalue weighted by atomic mass is 9.94. The highest BCUT2D eigenvalue weighted by atomic mass is 16.2. The van der Waals surface area contributed by atoms with Crippen LogP contribution in [0.5, 0.6) is 0 Å². The molecule has 4 N–H and O–H groups in total. The monoisotopic (exact) mass is 170 g/mol. The Labute approximate surface area is 69.0 Å². The molecule has 3 amide bonds. The summed E-state index contributed by atoms with van der Waals surface area (Å²) < 4.78 is 0. The van der Waals surface area contributed by atoms with Gasteiger partial charge in [0.05, 0.1) is 0 Å². The summed E-state index contributed by atoms with van der Waals surface area (Å²) in [4.78, 5) is 22.1. The summed E-state index contributed by atoms with van der Waals surface area (Å²) in [5, 5.41) is 4.84. The number of imide groups is 1. The highest BCUT2D eigenvalue weighted by Crippen LogP contribution is 2.15. The molecular formula is C6H10N4O2. The van der Waals surface area contributed by atoms with E-state index < -0.39 is 11.6 Å². The molecule has 2 aliphatic heterocycles. The second-order valence-electron chi connectivity index (χ2n) is 3.02. The lowest BCUT2D eigenvalue weighted by Crippen LogP contribution is -2.62. The van der Waals surface area contributed by atoms with Crippen LogP contribution in [-0.4, -0.2) is 30.6 Å². The van der Waals surface area contributed by atoms with Gasteiger partial charge in [-0.3, -0.25) is 21.0 Å². The van der Waals surface area contributed by atoms with E-state index in [0.717, 1.165) is 0 Å². The van der Waals surface area contributed by atoms with Crippen molar-refractivity contribution in [3.05, 3.63) is 0 Å². The van der Waals surface area contributed by atoms with Crippen LogP contribution in [0.2, 0.25) is 0 Å². The summed E-state index contributed by atoms with van der Waals surface area (Å²) in [5.74, 6) is -0.235. The van der Waals surface area contributed by atoms with Gasteiger partial charge in [0.1, 0.15) is 5.54 Å². The number of urea groups is 1. The third kappa shape index (κ3) is 0.961. The molecule has 2 rings (SSSR count). The van der Waals surface area contributed by atoms with Gasteiger partial charge in [-0.1, -0.05) is 0 Å². The van der Waals surface area contributed by atoms with E-state index in [9.17, 15) is 9.59 Å². The fraction of sp³-hybridized carbons (Fsp3) is 0.667. The van der Waals surface area contributed by atoms with E-state index in [1.54, 1.807) is 0 Å². The molecule has 0 bridgehead atoms. The van der Waals surface area contributed by atoms with Crippen molar-refractivity contribution in [2.45, 2.75) is 12.0 Å². The van der Waals surface area contributed by atoms with E-state index in [0.29, 0.717) is 19.5 Å². The van der Waals surface area contributed by atoms with Gasteiger partial charge in [-0.15, -0.1) is 0 Å². The van der Waals surface area contributed by atoms with E-state index in [2.05, 4.69) is 21.5 Å². The molecule has 2 aliphatic rings. The lowest BCUT2D eigenvalue weighted by Gasteiger charge is -2.30. The second kappa shape index (κ2) is 2.43. The predicted molar refractivity (Wildman–Crippen MR) is 40.0 cm³/mol. The molecule has 0 aromatic rings. The van der Waals surface area contributed by atoms with Crippen molar-refractivity contribution in [2.75, 3.05) is 13.1 Å². The maximum absolute atomic E-state index is 11.3. The van der Waals surface area contributed by atoms with Crippen LogP contribution >= 0.6 is 0 Å². The molecule has 12 heavy (non-hydrogen) atoms. The number of hydrogen-bond acceptors (Lipinski definition) is 4. The molecule has 2 saturated heterocycles. The summed E-state index contributed by atoms with van der Waals surface area (Å²) >= 11 is 0. The minimum Gasteiger partial charge on any atom is -0.322 e. The molecule has 6 heteroatoms. The molecular weight excluding hydrogens is 160 g/mol. The third-order valence-electron chi connectivity index (χ3n) is 2.21. The van der Waals surface area contributed by atoms with Crippen LogP contribution < -0.4 is 21.5 Å². The number of rotatable bonds is 0. The Morgan fingerprint density at radius 2 is 2.08 bits per heavy atom. The van der Waals surface area contributed by atoms with Crippen LogP contribution in [0.1, 0.15) is 6.42 Å². The maximum atomic E-state index is 11.3. The van der Waals surface area contributed by atoms with Crippen molar-refractivity contribution >= 4 is 11.9 Å². The molecule has 1 spiro atoms. The molecule has 6 nitrogen and oxygen atoms in total. The van der Waals surface area contributed by atoms with Crippen molar-refractivity contribution in [3.8, 4) is 0 Å². The topological polar surface area (TPSA) is 82.3 Å². The first-order valence-electron chi connectivity index (χ1n) is 3.82. The van der Waals surface area contributed by atoms with Crippen LogP contribution in [0.4, 0.5) is 4.79 Å². The van der Waals surface area contributed by atoms with E-state index in [4.69, 9.17) is 0 Å². The van der Waals surface area contributed by atoms with Gasteiger partial charge in [-0.2, -0.15) is 0 Å². The summed E-state index contributed by atoms with van der Waals surface area (Å²) in [6.45, 7) is 1.11. The Morgan fingerprint density at radius 1 is 1.25 bits per heavy atom. The van der Waals surface area contributed by atoms with Gasteiger partial charge in [0.15, 0.2) is 0 Å². The zero-order chi connectivity index (χ0) is 8.60. The van der Waals surface area contributed by atoms with Crippen molar-refractivity contribution in [2.24, 2.45) is 0 Å². The van der Waals surface area contributed by atoms with Crippen LogP contribution in [0, 0.1) is 0 Å². The van der Waals surface area contributed by atoms with Crippen LogP contribution in [-0.2, 0) is 4.79 Å². The van der Waals surface area contributed by atoms with E-state index in [1.165, 1.54) is 0 Å². The largest absolute Gasteiger partial charge is 0.322 e. The number of hydrogen-bond donors (Lipinski definition) is 4. The molecule has 1 unspecified atom stereocenters. The van der Waals surface area contributed by atoms with Gasteiger partial charge in [0.25, 0.3) is 5.91 Å². The zero-order valence-electron chi connectivity index (χ0n) is 6.44. The summed E-state index contributed by atoms with van der Waals surface area (Å²) in [6, 6.07) is -0.399. The first-order chi connectivity index (χ1) is 5.73. The van der Waals surface area contributed by atoms with Crippen LogP contribution in [0.3, 0.4) is 0 Å². The smallest absolute Gasteiger partial charge is 0.322 e. The highest BCUT2D eigenvalue weighted by Gasteiger charge is 2.46. The number of carbonyl (C=O) groups excluding carboxylic acids is 2. The predicted octanol–water partition coefficient (Wildman–Crippen LogP) is -1.94. The zero-order valence-corrected chi connectivity index (χ0v) is 6.44. The van der Waals surface area contributed by atoms with Gasteiger partial charge in [-0.25, -0.2) is 4.79 Å². The minimum atomic E-state index is -0.720. The van der Waals surface area contributed by atoms with E-state index in [1.807, 2.05) is 0 Å². The van der Waals surface area contributed by atoms with Crippen LogP contribution in [0.15, 0.2) is 0 Å². The number of amides is 3. The quantitative estimate of drug-likeness (QED) is 0.319. The SMILES string of the molecule is O=C1NC(=O)C2(CCNNC2)N1. The summed E-state index contributed by atoms with van der Waals surface area (Å²) in [6.07, 6.45) is 0.623. The normalized spacial score (nSPS) is 35.0. The molecule has 0 aromatic heterocycles. The van der Waals surface area contributed by atoms with Gasteiger partial charge >= 0.3 is 6.03 Å². The molecule has 2 heterocycles. The Hall–Kier alpha value is -1.14. The standard InChI is InChI=1S/C6H10N4O2/c11-4-6(10-5(12)9-4)1-2-7-8-3-6/h7-8H,1-3H2,(H2,9,10,11,12). The average Bonchev–Trinajstić information content (AvgIpc) is 2.29. The van der Waals surface area contributed by atoms with Crippen molar-refractivity contribution in [1.82, 2.24) is 21.5 Å². The number of carbonyl (C=O) groups is 2. The summed E-state index contributed by atoms with van der Waals surface area (Å²) in [5.41, 5.74) is 5.01. The second-order valence-corrected chi connectivity index (χ2v) is 3.02. The first-order valence-corrected chi connectivity index (χ1v) is 3.82. The fourth-order valence-electron chi connectivity index (χ4n) is 1.49. The molecule has 66 valence electrons. The molecule has 2 fully saturated rings. The van der Waals surface area contributed by atoms with Crippen molar-refractivity contribution in [1.29, 1.82) is 0 Å². The number of hydrazine groups is 1. The Bertz CT molecular complexity index is 234. The minimum absolute atomic E-state index is 0.235. The van der Waals surface area contributed by atoms with Gasteiger partial charge in [0.2, 0.25) is 0 Å². The van der Waals surface area contributed by atoms with Gasteiger partial charge in [0, 0.05) is 13.1 Å². The number of nitrogens with one attached hydrogen (secondary N) is 4. The fourth-order valence-corrected chi connectivity index (χ4v) is 1.49. The first kappa shape index (κ1) is 7.51. The average molecular weight is 170 g/mol. The Balaban J connectivity index is 2.18. The van der Waals surface area contributed by atoms with Gasteiger partial charge in [-0.05, 0) is 6.42 Å². The van der Waals surface area contributed by atoms with E-state index >= 15 is 0 Å². The van der Waals surface area contributed by atoms with Gasteiger partial charge < -0.3 is 5.32 Å². The summed E-state index contributed by atoms with van der Waals surface area (Å²) in [7, 11) is 0. The molecule has 0 radical (unpaired) electrons. The molecule has 0 saturated carbocycles. The molecule has 0 aliphatic carbocycles.